The highest BCUT2D eigenvalue weighted by Crippen LogP contribution is 1.96. The molecule has 0 saturated heterocycles. The molecule has 0 spiro atoms. The van der Waals surface area contributed by atoms with Crippen LogP contribution >= 0.6 is 0 Å². The third kappa shape index (κ3) is 7.31. The molecule has 76 valence electrons. The van der Waals surface area contributed by atoms with Crippen LogP contribution in [0.5, 0.6) is 0 Å². The number of carbonyl (C=O) groups excluding carboxylic acids is 2. The summed E-state index contributed by atoms with van der Waals surface area (Å²) in [5.74, 6) is -0.256. The van der Waals surface area contributed by atoms with Crippen molar-refractivity contribution in [2.24, 2.45) is 0 Å². The molecular weight excluding hydrogens is 170 g/mol. The molecule has 0 aromatic carbocycles. The van der Waals surface area contributed by atoms with E-state index in [1.807, 2.05) is 6.92 Å². The van der Waals surface area contributed by atoms with E-state index in [-0.39, 0.29) is 11.9 Å². The third-order valence-electron chi connectivity index (χ3n) is 1.58. The second kappa shape index (κ2) is 7.58. The van der Waals surface area contributed by atoms with Gasteiger partial charge in [0.05, 0.1) is 7.11 Å². The molecule has 0 heterocycles. The summed E-state index contributed by atoms with van der Waals surface area (Å²) in [6.45, 7) is 2.70. The van der Waals surface area contributed by atoms with Crippen LogP contribution in [0.2, 0.25) is 0 Å². The Morgan fingerprint density at radius 3 is 2.54 bits per heavy atom. The molecule has 0 aromatic heterocycles. The first kappa shape index (κ1) is 11.9. The van der Waals surface area contributed by atoms with Crippen molar-refractivity contribution in [3.63, 3.8) is 0 Å². The third-order valence-corrected chi connectivity index (χ3v) is 1.58. The van der Waals surface area contributed by atoms with E-state index in [2.05, 4.69) is 10.1 Å². The highest BCUT2D eigenvalue weighted by Gasteiger charge is 2.03. The number of methoxy groups -OCH3 is 1. The summed E-state index contributed by atoms with van der Waals surface area (Å²) in [4.78, 5) is 21.7. The fourth-order valence-corrected chi connectivity index (χ4v) is 0.848. The van der Waals surface area contributed by atoms with Gasteiger partial charge >= 0.3 is 5.97 Å². The van der Waals surface area contributed by atoms with Crippen LogP contribution < -0.4 is 5.32 Å². The van der Waals surface area contributed by atoms with Gasteiger partial charge in [-0.25, -0.2) is 0 Å². The first-order chi connectivity index (χ1) is 6.20. The summed E-state index contributed by atoms with van der Waals surface area (Å²) in [5.41, 5.74) is 0. The van der Waals surface area contributed by atoms with Crippen LogP contribution in [-0.4, -0.2) is 25.5 Å². The van der Waals surface area contributed by atoms with Gasteiger partial charge in [0.2, 0.25) is 5.91 Å². The van der Waals surface area contributed by atoms with Gasteiger partial charge in [-0.3, -0.25) is 9.59 Å². The Hall–Kier alpha value is -1.06. The van der Waals surface area contributed by atoms with Crippen molar-refractivity contribution in [2.45, 2.75) is 32.6 Å². The predicted octanol–water partition coefficient (Wildman–Crippen LogP) is 0.856. The summed E-state index contributed by atoms with van der Waals surface area (Å²) in [6, 6.07) is 0. The minimum absolute atomic E-state index is 0.00533. The van der Waals surface area contributed by atoms with Crippen LogP contribution in [0.3, 0.4) is 0 Å². The van der Waals surface area contributed by atoms with Crippen LogP contribution in [0, 0.1) is 0 Å². The van der Waals surface area contributed by atoms with Gasteiger partial charge in [-0.2, -0.15) is 0 Å². The fraction of sp³-hybridized carbons (Fsp3) is 0.778. The lowest BCUT2D eigenvalue weighted by Gasteiger charge is -2.02. The quantitative estimate of drug-likeness (QED) is 0.627. The van der Waals surface area contributed by atoms with Crippen LogP contribution in [0.25, 0.3) is 0 Å². The van der Waals surface area contributed by atoms with Crippen molar-refractivity contribution in [1.29, 1.82) is 0 Å². The van der Waals surface area contributed by atoms with Gasteiger partial charge < -0.3 is 10.1 Å². The molecule has 0 bridgehead atoms. The lowest BCUT2D eigenvalue weighted by atomic mass is 10.2. The van der Waals surface area contributed by atoms with Gasteiger partial charge in [-0.15, -0.1) is 0 Å². The van der Waals surface area contributed by atoms with Crippen molar-refractivity contribution >= 4 is 11.9 Å². The van der Waals surface area contributed by atoms with E-state index in [0.717, 1.165) is 6.42 Å². The smallest absolute Gasteiger partial charge is 0.305 e. The van der Waals surface area contributed by atoms with Crippen molar-refractivity contribution in [3.8, 4) is 0 Å². The molecule has 0 aromatic rings. The monoisotopic (exact) mass is 187 g/mol. The van der Waals surface area contributed by atoms with Crippen LogP contribution in [0.1, 0.15) is 32.6 Å². The van der Waals surface area contributed by atoms with Crippen molar-refractivity contribution in [3.05, 3.63) is 0 Å². The maximum absolute atomic E-state index is 11.0. The molecule has 4 nitrogen and oxygen atoms in total. The first-order valence-corrected chi connectivity index (χ1v) is 4.54. The van der Waals surface area contributed by atoms with Crippen molar-refractivity contribution < 1.29 is 14.3 Å². The maximum Gasteiger partial charge on any atom is 0.305 e. The highest BCUT2D eigenvalue weighted by molar-refractivity contribution is 5.76. The Morgan fingerprint density at radius 1 is 1.31 bits per heavy atom. The summed E-state index contributed by atoms with van der Waals surface area (Å²) >= 11 is 0. The maximum atomic E-state index is 11.0. The number of hydrogen-bond acceptors (Lipinski definition) is 3. The van der Waals surface area contributed by atoms with Gasteiger partial charge in [0.15, 0.2) is 0 Å². The molecule has 0 radical (unpaired) electrons. The molecule has 1 amide bonds. The Balaban J connectivity index is 3.31. The molecule has 0 rings (SSSR count). The van der Waals surface area contributed by atoms with Crippen LogP contribution in [0.4, 0.5) is 0 Å². The predicted molar refractivity (Wildman–Crippen MR) is 49.2 cm³/mol. The van der Waals surface area contributed by atoms with E-state index in [4.69, 9.17) is 0 Å². The van der Waals surface area contributed by atoms with Crippen LogP contribution in [-0.2, 0) is 14.3 Å². The SMILES string of the molecule is CCCNC(=O)CCCC(=O)OC. The molecule has 0 aliphatic rings. The van der Waals surface area contributed by atoms with E-state index in [1.54, 1.807) is 0 Å². The minimum atomic E-state index is -0.261. The van der Waals surface area contributed by atoms with Gasteiger partial charge in [0.1, 0.15) is 0 Å². The number of amides is 1. The molecule has 0 atom stereocenters. The van der Waals surface area contributed by atoms with Crippen molar-refractivity contribution in [2.75, 3.05) is 13.7 Å². The molecule has 0 unspecified atom stereocenters. The standard InChI is InChI=1S/C9H17NO3/c1-3-7-10-8(11)5-4-6-9(12)13-2/h3-7H2,1-2H3,(H,10,11). The van der Waals surface area contributed by atoms with Gasteiger partial charge in [0, 0.05) is 19.4 Å². The lowest BCUT2D eigenvalue weighted by molar-refractivity contribution is -0.140. The van der Waals surface area contributed by atoms with Crippen molar-refractivity contribution in [1.82, 2.24) is 5.32 Å². The largest absolute Gasteiger partial charge is 0.469 e. The zero-order valence-electron chi connectivity index (χ0n) is 8.26. The summed E-state index contributed by atoms with van der Waals surface area (Å²) in [6.07, 6.45) is 2.20. The molecule has 0 fully saturated rings. The number of carbonyl (C=O) groups is 2. The van der Waals surface area contributed by atoms with Gasteiger partial charge in [-0.05, 0) is 12.8 Å². The Bertz CT molecular complexity index is 168. The Labute approximate surface area is 78.6 Å². The zero-order valence-corrected chi connectivity index (χ0v) is 8.26. The zero-order chi connectivity index (χ0) is 10.1. The van der Waals surface area contributed by atoms with Gasteiger partial charge in [-0.1, -0.05) is 6.92 Å². The fourth-order valence-electron chi connectivity index (χ4n) is 0.848. The minimum Gasteiger partial charge on any atom is -0.469 e. The second-order valence-corrected chi connectivity index (χ2v) is 2.78. The van der Waals surface area contributed by atoms with E-state index < -0.39 is 0 Å². The first-order valence-electron chi connectivity index (χ1n) is 4.54. The molecule has 0 aliphatic carbocycles. The number of ether oxygens (including phenoxy) is 1. The topological polar surface area (TPSA) is 55.4 Å². The molecule has 0 saturated carbocycles. The summed E-state index contributed by atoms with van der Waals surface area (Å²) < 4.78 is 4.44. The molecule has 1 N–H and O–H groups in total. The van der Waals surface area contributed by atoms with E-state index in [9.17, 15) is 9.59 Å². The highest BCUT2D eigenvalue weighted by atomic mass is 16.5. The molecular formula is C9H17NO3. The molecule has 0 aliphatic heterocycles. The number of rotatable bonds is 6. The normalized spacial score (nSPS) is 9.38. The van der Waals surface area contributed by atoms with E-state index in [0.29, 0.717) is 25.8 Å². The van der Waals surface area contributed by atoms with Crippen LogP contribution in [0.15, 0.2) is 0 Å². The number of hydrogen-bond donors (Lipinski definition) is 1. The number of nitrogens with one attached hydrogen (secondary N) is 1. The average molecular weight is 187 g/mol. The second-order valence-electron chi connectivity index (χ2n) is 2.78. The lowest BCUT2D eigenvalue weighted by Crippen LogP contribution is -2.23. The number of esters is 1. The van der Waals surface area contributed by atoms with E-state index >= 15 is 0 Å². The summed E-state index contributed by atoms with van der Waals surface area (Å²) in [7, 11) is 1.35. The molecule has 4 heteroatoms. The summed E-state index contributed by atoms with van der Waals surface area (Å²) in [5, 5.41) is 2.73. The average Bonchev–Trinajstić information content (AvgIpc) is 2.14. The Morgan fingerprint density at radius 2 is 2.00 bits per heavy atom. The van der Waals surface area contributed by atoms with E-state index in [1.165, 1.54) is 7.11 Å². The Kier molecular flexibility index (Phi) is 6.96. The molecule has 13 heavy (non-hydrogen) atoms. The van der Waals surface area contributed by atoms with Gasteiger partial charge in [0.25, 0.3) is 0 Å².